The van der Waals surface area contributed by atoms with E-state index in [1.165, 1.54) is 0 Å². The molecule has 0 spiro atoms. The summed E-state index contributed by atoms with van der Waals surface area (Å²) in [4.78, 5) is 4.48. The van der Waals surface area contributed by atoms with Gasteiger partial charge in [0.15, 0.2) is 5.90 Å². The van der Waals surface area contributed by atoms with E-state index in [-0.39, 0.29) is 5.41 Å². The molecule has 0 aromatic rings. The van der Waals surface area contributed by atoms with Crippen molar-refractivity contribution >= 4 is 5.90 Å². The van der Waals surface area contributed by atoms with E-state index in [1.54, 1.807) is 0 Å². The van der Waals surface area contributed by atoms with Crippen molar-refractivity contribution in [3.8, 4) is 0 Å². The van der Waals surface area contributed by atoms with Gasteiger partial charge in [-0.15, -0.1) is 0 Å². The van der Waals surface area contributed by atoms with Gasteiger partial charge in [-0.1, -0.05) is 20.8 Å². The first-order chi connectivity index (χ1) is 6.01. The Kier molecular flexibility index (Phi) is 3.31. The maximum Gasteiger partial charge on any atom is 0.184 e. The highest BCUT2D eigenvalue weighted by Crippen LogP contribution is 2.22. The van der Waals surface area contributed by atoms with Gasteiger partial charge in [0, 0.05) is 6.42 Å². The average Bonchev–Trinajstić information content (AvgIpc) is 2.33. The summed E-state index contributed by atoms with van der Waals surface area (Å²) in [5.41, 5.74) is 5.72. The molecule has 1 aliphatic heterocycles. The lowest BCUT2D eigenvalue weighted by molar-refractivity contribution is 0.289. The van der Waals surface area contributed by atoms with Gasteiger partial charge in [-0.3, -0.25) is 0 Å². The highest BCUT2D eigenvalue weighted by Gasteiger charge is 2.22. The third kappa shape index (κ3) is 3.77. The molecule has 1 heterocycles. The molecule has 1 aliphatic rings. The third-order valence-electron chi connectivity index (χ3n) is 1.95. The molecule has 0 saturated heterocycles. The van der Waals surface area contributed by atoms with E-state index in [4.69, 9.17) is 10.5 Å². The minimum absolute atomic E-state index is 0.260. The first kappa shape index (κ1) is 10.5. The van der Waals surface area contributed by atoms with E-state index in [1.807, 2.05) is 0 Å². The molecule has 0 fully saturated rings. The zero-order chi connectivity index (χ0) is 9.90. The number of nitrogens with two attached hydrogens (primary N) is 1. The van der Waals surface area contributed by atoms with Gasteiger partial charge < -0.3 is 10.5 Å². The predicted octanol–water partition coefficient (Wildman–Crippen LogP) is 1.57. The monoisotopic (exact) mass is 184 g/mol. The summed E-state index contributed by atoms with van der Waals surface area (Å²) in [7, 11) is 0. The molecule has 13 heavy (non-hydrogen) atoms. The summed E-state index contributed by atoms with van der Waals surface area (Å²) in [5.74, 6) is 0.908. The minimum atomic E-state index is 0.260. The van der Waals surface area contributed by atoms with Crippen molar-refractivity contribution in [2.75, 3.05) is 13.2 Å². The lowest BCUT2D eigenvalue weighted by Crippen LogP contribution is -2.13. The quantitative estimate of drug-likeness (QED) is 0.723. The van der Waals surface area contributed by atoms with Crippen LogP contribution in [0.1, 0.15) is 33.6 Å². The zero-order valence-electron chi connectivity index (χ0n) is 8.84. The molecule has 0 amide bonds. The van der Waals surface area contributed by atoms with Gasteiger partial charge >= 0.3 is 0 Å². The van der Waals surface area contributed by atoms with Gasteiger partial charge in [-0.25, -0.2) is 4.99 Å². The maximum atomic E-state index is 5.49. The minimum Gasteiger partial charge on any atom is -0.479 e. The summed E-state index contributed by atoms with van der Waals surface area (Å²) < 4.78 is 5.49. The van der Waals surface area contributed by atoms with Crippen LogP contribution in [-0.4, -0.2) is 25.1 Å². The van der Waals surface area contributed by atoms with Crippen molar-refractivity contribution in [3.05, 3.63) is 0 Å². The highest BCUT2D eigenvalue weighted by atomic mass is 16.5. The Morgan fingerprint density at radius 2 is 2.23 bits per heavy atom. The Morgan fingerprint density at radius 3 is 2.77 bits per heavy atom. The second-order valence-electron chi connectivity index (χ2n) is 4.80. The first-order valence-electron chi connectivity index (χ1n) is 4.91. The second-order valence-corrected chi connectivity index (χ2v) is 4.80. The van der Waals surface area contributed by atoms with E-state index in [0.717, 1.165) is 25.3 Å². The highest BCUT2D eigenvalue weighted by molar-refractivity contribution is 5.78. The molecule has 76 valence electrons. The van der Waals surface area contributed by atoms with E-state index >= 15 is 0 Å². The number of rotatable bonds is 3. The van der Waals surface area contributed by atoms with Crippen LogP contribution in [0.4, 0.5) is 0 Å². The molecule has 3 nitrogen and oxygen atoms in total. The largest absolute Gasteiger partial charge is 0.479 e. The summed E-state index contributed by atoms with van der Waals surface area (Å²) in [6.07, 6.45) is 1.86. The zero-order valence-corrected chi connectivity index (χ0v) is 8.84. The lowest BCUT2D eigenvalue weighted by Gasteiger charge is -2.16. The fourth-order valence-corrected chi connectivity index (χ4v) is 1.36. The summed E-state index contributed by atoms with van der Waals surface area (Å²) in [6, 6.07) is 0.308. The summed E-state index contributed by atoms with van der Waals surface area (Å²) in [5, 5.41) is 0. The van der Waals surface area contributed by atoms with Crippen molar-refractivity contribution in [1.82, 2.24) is 0 Å². The Bertz CT molecular complexity index is 194. The molecular weight excluding hydrogens is 164 g/mol. The van der Waals surface area contributed by atoms with Gasteiger partial charge in [0.1, 0.15) is 6.61 Å². The Balaban J connectivity index is 2.41. The Hall–Kier alpha value is -0.570. The summed E-state index contributed by atoms with van der Waals surface area (Å²) >= 11 is 0. The standard InChI is InChI=1S/C10H20N2O/c1-10(2,3)6-9-12-8(4-5-11)7-13-9/h8H,4-7,11H2,1-3H3. The molecule has 0 radical (unpaired) electrons. The van der Waals surface area contributed by atoms with Crippen LogP contribution in [0.3, 0.4) is 0 Å². The van der Waals surface area contributed by atoms with Crippen LogP contribution < -0.4 is 5.73 Å². The SMILES string of the molecule is CC(C)(C)CC1=NC(CCN)CO1. The maximum absolute atomic E-state index is 5.49. The van der Waals surface area contributed by atoms with Crippen LogP contribution >= 0.6 is 0 Å². The van der Waals surface area contributed by atoms with Crippen LogP contribution in [0, 0.1) is 5.41 Å². The number of ether oxygens (including phenoxy) is 1. The predicted molar refractivity (Wildman–Crippen MR) is 54.9 cm³/mol. The fourth-order valence-electron chi connectivity index (χ4n) is 1.36. The normalized spacial score (nSPS) is 22.8. The van der Waals surface area contributed by atoms with Gasteiger partial charge in [0.2, 0.25) is 0 Å². The smallest absolute Gasteiger partial charge is 0.184 e. The Labute approximate surface area is 80.4 Å². The summed E-state index contributed by atoms with van der Waals surface area (Å²) in [6.45, 7) is 7.99. The molecule has 1 atom stereocenters. The van der Waals surface area contributed by atoms with Crippen molar-refractivity contribution in [1.29, 1.82) is 0 Å². The number of hydrogen-bond donors (Lipinski definition) is 1. The van der Waals surface area contributed by atoms with Crippen molar-refractivity contribution in [3.63, 3.8) is 0 Å². The third-order valence-corrected chi connectivity index (χ3v) is 1.95. The fraction of sp³-hybridized carbons (Fsp3) is 0.900. The van der Waals surface area contributed by atoms with Crippen LogP contribution in [0.2, 0.25) is 0 Å². The molecule has 0 aromatic carbocycles. The molecule has 2 N–H and O–H groups in total. The van der Waals surface area contributed by atoms with E-state index in [0.29, 0.717) is 12.6 Å². The van der Waals surface area contributed by atoms with Gasteiger partial charge in [0.25, 0.3) is 0 Å². The van der Waals surface area contributed by atoms with Gasteiger partial charge in [-0.2, -0.15) is 0 Å². The van der Waals surface area contributed by atoms with E-state index in [9.17, 15) is 0 Å². The van der Waals surface area contributed by atoms with E-state index in [2.05, 4.69) is 25.8 Å². The second kappa shape index (κ2) is 4.09. The number of hydrogen-bond acceptors (Lipinski definition) is 3. The molecular formula is C10H20N2O. The van der Waals surface area contributed by atoms with Crippen molar-refractivity contribution in [2.45, 2.75) is 39.7 Å². The molecule has 0 bridgehead atoms. The number of nitrogens with zero attached hydrogens (tertiary/aromatic N) is 1. The van der Waals surface area contributed by atoms with Crippen molar-refractivity contribution in [2.24, 2.45) is 16.1 Å². The Morgan fingerprint density at radius 1 is 1.54 bits per heavy atom. The molecule has 0 aromatic heterocycles. The number of aliphatic imine (C=N–C) groups is 1. The van der Waals surface area contributed by atoms with Crippen LogP contribution in [0.15, 0.2) is 4.99 Å². The topological polar surface area (TPSA) is 47.6 Å². The molecule has 3 heteroatoms. The van der Waals surface area contributed by atoms with Crippen molar-refractivity contribution < 1.29 is 4.74 Å². The van der Waals surface area contributed by atoms with Gasteiger partial charge in [-0.05, 0) is 18.4 Å². The van der Waals surface area contributed by atoms with Gasteiger partial charge in [0.05, 0.1) is 6.04 Å². The van der Waals surface area contributed by atoms with Crippen LogP contribution in [-0.2, 0) is 4.74 Å². The first-order valence-corrected chi connectivity index (χ1v) is 4.91. The van der Waals surface area contributed by atoms with E-state index < -0.39 is 0 Å². The lowest BCUT2D eigenvalue weighted by atomic mass is 9.92. The average molecular weight is 184 g/mol. The molecule has 1 unspecified atom stereocenters. The van der Waals surface area contributed by atoms with Crippen LogP contribution in [0.5, 0.6) is 0 Å². The van der Waals surface area contributed by atoms with Crippen LogP contribution in [0.25, 0.3) is 0 Å². The molecule has 1 rings (SSSR count). The molecule has 0 aliphatic carbocycles. The molecule has 0 saturated carbocycles.